The molecular weight excluding hydrogens is 290 g/mol. The fraction of sp³-hybridized carbons (Fsp3) is 0.714. The minimum Gasteiger partial charge on any atom is -0.333 e. The number of rotatable bonds is 3. The van der Waals surface area contributed by atoms with Gasteiger partial charge in [-0.2, -0.15) is 5.10 Å². The van der Waals surface area contributed by atoms with Crippen molar-refractivity contribution in [2.45, 2.75) is 38.6 Å². The Morgan fingerprint density at radius 3 is 2.81 bits per heavy atom. The first-order valence-corrected chi connectivity index (χ1v) is 9.31. The van der Waals surface area contributed by atoms with Gasteiger partial charge in [0.15, 0.2) is 15.5 Å². The Balaban J connectivity index is 1.88. The van der Waals surface area contributed by atoms with Crippen LogP contribution in [-0.2, 0) is 29.7 Å². The van der Waals surface area contributed by atoms with Gasteiger partial charge in [0.1, 0.15) is 0 Å². The number of hydrogen-bond donors (Lipinski definition) is 0. The van der Waals surface area contributed by atoms with Gasteiger partial charge >= 0.3 is 0 Å². The van der Waals surface area contributed by atoms with Crippen LogP contribution in [0.3, 0.4) is 0 Å². The van der Waals surface area contributed by atoms with E-state index in [9.17, 15) is 13.2 Å². The van der Waals surface area contributed by atoms with E-state index in [1.807, 2.05) is 14.0 Å². The first-order valence-electron chi connectivity index (χ1n) is 7.49. The lowest BCUT2D eigenvalue weighted by molar-refractivity contribution is 0.0700. The number of nitrogens with zero attached hydrogens (tertiary/aromatic N) is 3. The Morgan fingerprint density at radius 2 is 2.19 bits per heavy atom. The first kappa shape index (κ1) is 14.6. The second-order valence-corrected chi connectivity index (χ2v) is 8.13. The van der Waals surface area contributed by atoms with Crippen molar-refractivity contribution in [1.82, 2.24) is 14.7 Å². The maximum absolute atomic E-state index is 12.8. The quantitative estimate of drug-likeness (QED) is 0.817. The van der Waals surface area contributed by atoms with Gasteiger partial charge in [0.25, 0.3) is 5.91 Å². The topological polar surface area (TPSA) is 72.3 Å². The first-order chi connectivity index (χ1) is 9.93. The molecule has 2 heterocycles. The van der Waals surface area contributed by atoms with E-state index in [1.54, 1.807) is 9.58 Å². The molecule has 7 heteroatoms. The molecule has 1 aromatic rings. The van der Waals surface area contributed by atoms with Crippen LogP contribution < -0.4 is 0 Å². The molecule has 0 N–H and O–H groups in total. The Kier molecular flexibility index (Phi) is 3.55. The zero-order valence-corrected chi connectivity index (χ0v) is 13.3. The number of amides is 1. The third-order valence-corrected chi connectivity index (χ3v) is 6.32. The molecule has 6 nitrogen and oxygen atoms in total. The summed E-state index contributed by atoms with van der Waals surface area (Å²) in [6.07, 6.45) is 3.46. The molecule has 1 atom stereocenters. The summed E-state index contributed by atoms with van der Waals surface area (Å²) in [5, 5.41) is 4.38. The van der Waals surface area contributed by atoms with Crippen molar-refractivity contribution in [3.8, 4) is 0 Å². The van der Waals surface area contributed by atoms with Crippen molar-refractivity contribution in [2.24, 2.45) is 7.05 Å². The van der Waals surface area contributed by atoms with Crippen molar-refractivity contribution in [3.05, 3.63) is 17.0 Å². The van der Waals surface area contributed by atoms with Crippen molar-refractivity contribution in [3.63, 3.8) is 0 Å². The van der Waals surface area contributed by atoms with Crippen LogP contribution in [0, 0.1) is 0 Å². The van der Waals surface area contributed by atoms with E-state index in [1.165, 1.54) is 0 Å². The van der Waals surface area contributed by atoms with Crippen LogP contribution in [0.15, 0.2) is 0 Å². The molecule has 1 saturated heterocycles. The molecule has 3 rings (SSSR count). The van der Waals surface area contributed by atoms with Crippen LogP contribution in [-0.4, -0.2) is 53.1 Å². The number of aryl methyl sites for hydroxylation is 1. The summed E-state index contributed by atoms with van der Waals surface area (Å²) >= 11 is 0. The maximum Gasteiger partial charge on any atom is 0.274 e. The van der Waals surface area contributed by atoms with Gasteiger partial charge < -0.3 is 4.90 Å². The van der Waals surface area contributed by atoms with E-state index in [4.69, 9.17) is 0 Å². The summed E-state index contributed by atoms with van der Waals surface area (Å²) in [6, 6.07) is -0.202. The molecule has 1 aliphatic heterocycles. The molecule has 1 fully saturated rings. The lowest BCUT2D eigenvalue weighted by Gasteiger charge is -2.26. The van der Waals surface area contributed by atoms with Gasteiger partial charge in [0.2, 0.25) is 0 Å². The highest BCUT2D eigenvalue weighted by molar-refractivity contribution is 7.91. The smallest absolute Gasteiger partial charge is 0.274 e. The fourth-order valence-electron chi connectivity index (χ4n) is 3.51. The number of fused-ring (bicyclic) bond motifs is 1. The summed E-state index contributed by atoms with van der Waals surface area (Å²) in [4.78, 5) is 14.5. The van der Waals surface area contributed by atoms with Gasteiger partial charge in [-0.25, -0.2) is 8.42 Å². The van der Waals surface area contributed by atoms with E-state index in [0.717, 1.165) is 30.5 Å². The van der Waals surface area contributed by atoms with E-state index >= 15 is 0 Å². The molecule has 1 unspecified atom stereocenters. The number of carbonyl (C=O) groups is 1. The molecular formula is C14H21N3O3S. The van der Waals surface area contributed by atoms with Crippen LogP contribution in [0.4, 0.5) is 0 Å². The Morgan fingerprint density at radius 1 is 1.43 bits per heavy atom. The molecule has 21 heavy (non-hydrogen) atoms. The summed E-state index contributed by atoms with van der Waals surface area (Å²) in [7, 11) is -1.12. The SMILES string of the molecule is CCN(C(=O)c1nn(C)c2c1CCC2)C1CCS(=O)(=O)C1. The van der Waals surface area contributed by atoms with Gasteiger partial charge in [-0.15, -0.1) is 0 Å². The molecule has 0 saturated carbocycles. The Labute approximate surface area is 125 Å². The van der Waals surface area contributed by atoms with Gasteiger partial charge in [-0.3, -0.25) is 9.48 Å². The molecule has 2 aliphatic rings. The van der Waals surface area contributed by atoms with Crippen LogP contribution in [0.2, 0.25) is 0 Å². The van der Waals surface area contributed by atoms with Crippen LogP contribution in [0.25, 0.3) is 0 Å². The van der Waals surface area contributed by atoms with Crippen LogP contribution in [0.1, 0.15) is 41.5 Å². The lowest BCUT2D eigenvalue weighted by Crippen LogP contribution is -2.41. The molecule has 0 spiro atoms. The summed E-state index contributed by atoms with van der Waals surface area (Å²) in [6.45, 7) is 2.41. The molecule has 1 aromatic heterocycles. The van der Waals surface area contributed by atoms with Gasteiger partial charge in [-0.1, -0.05) is 0 Å². The molecule has 0 bridgehead atoms. The third kappa shape index (κ3) is 2.47. The third-order valence-electron chi connectivity index (χ3n) is 4.57. The van der Waals surface area contributed by atoms with Crippen LogP contribution in [0.5, 0.6) is 0 Å². The minimum atomic E-state index is -2.99. The van der Waals surface area contributed by atoms with E-state index in [2.05, 4.69) is 5.10 Å². The molecule has 116 valence electrons. The molecule has 1 amide bonds. The Hall–Kier alpha value is -1.37. The predicted molar refractivity (Wildman–Crippen MR) is 79.0 cm³/mol. The number of aromatic nitrogens is 2. The summed E-state index contributed by atoms with van der Waals surface area (Å²) < 4.78 is 25.1. The zero-order valence-electron chi connectivity index (χ0n) is 12.5. The number of hydrogen-bond acceptors (Lipinski definition) is 4. The molecule has 0 radical (unpaired) electrons. The number of sulfone groups is 1. The second-order valence-electron chi connectivity index (χ2n) is 5.90. The monoisotopic (exact) mass is 311 g/mol. The van der Waals surface area contributed by atoms with Crippen molar-refractivity contribution in [2.75, 3.05) is 18.1 Å². The van der Waals surface area contributed by atoms with Crippen LogP contribution >= 0.6 is 0 Å². The highest BCUT2D eigenvalue weighted by atomic mass is 32.2. The average molecular weight is 311 g/mol. The minimum absolute atomic E-state index is 0.0849. The predicted octanol–water partition coefficient (Wildman–Crippen LogP) is 0.558. The maximum atomic E-state index is 12.8. The van der Waals surface area contributed by atoms with Gasteiger partial charge in [0.05, 0.1) is 11.5 Å². The van der Waals surface area contributed by atoms with E-state index in [0.29, 0.717) is 18.7 Å². The van der Waals surface area contributed by atoms with Crippen molar-refractivity contribution in [1.29, 1.82) is 0 Å². The fourth-order valence-corrected chi connectivity index (χ4v) is 5.24. The standard InChI is InChI=1S/C14H21N3O3S/c1-3-17(10-7-8-21(19,20)9-10)14(18)13-11-5-4-6-12(11)16(2)15-13/h10H,3-9H2,1-2H3. The molecule has 1 aliphatic carbocycles. The summed E-state index contributed by atoms with van der Waals surface area (Å²) in [5.41, 5.74) is 2.73. The second kappa shape index (κ2) is 5.12. The van der Waals surface area contributed by atoms with Gasteiger partial charge in [-0.05, 0) is 32.6 Å². The largest absolute Gasteiger partial charge is 0.333 e. The lowest BCUT2D eigenvalue weighted by atomic mass is 10.1. The summed E-state index contributed by atoms with van der Waals surface area (Å²) in [5.74, 6) is 0.155. The normalized spacial score (nSPS) is 23.2. The van der Waals surface area contributed by atoms with E-state index in [-0.39, 0.29) is 23.5 Å². The Bertz CT molecular complexity index is 678. The average Bonchev–Trinajstić information content (AvgIpc) is 3.08. The van der Waals surface area contributed by atoms with E-state index < -0.39 is 9.84 Å². The van der Waals surface area contributed by atoms with Gasteiger partial charge in [0, 0.05) is 30.9 Å². The zero-order chi connectivity index (χ0) is 15.2. The number of carbonyl (C=O) groups excluding carboxylic acids is 1. The molecule has 0 aromatic carbocycles. The highest BCUT2D eigenvalue weighted by Gasteiger charge is 2.36. The van der Waals surface area contributed by atoms with Crippen molar-refractivity contribution >= 4 is 15.7 Å². The highest BCUT2D eigenvalue weighted by Crippen LogP contribution is 2.27. The van der Waals surface area contributed by atoms with Crippen molar-refractivity contribution < 1.29 is 13.2 Å².